The number of aromatic nitrogens is 2. The summed E-state index contributed by atoms with van der Waals surface area (Å²) < 4.78 is 11.1. The number of hydrogen-bond donors (Lipinski definition) is 0. The first-order chi connectivity index (χ1) is 8.34. The molecule has 17 heavy (non-hydrogen) atoms. The molecule has 2 heterocycles. The highest BCUT2D eigenvalue weighted by molar-refractivity contribution is 5.74. The fourth-order valence-electron chi connectivity index (χ4n) is 2.05. The van der Waals surface area contributed by atoms with Crippen molar-refractivity contribution in [1.29, 1.82) is 0 Å². The van der Waals surface area contributed by atoms with Crippen molar-refractivity contribution < 1.29 is 9.47 Å². The molecule has 1 unspecified atom stereocenters. The number of hydrogen-bond acceptors (Lipinski definition) is 4. The highest BCUT2D eigenvalue weighted by atomic mass is 16.6. The van der Waals surface area contributed by atoms with Crippen molar-refractivity contribution in [3.8, 4) is 0 Å². The summed E-state index contributed by atoms with van der Waals surface area (Å²) in [7, 11) is 0. The summed E-state index contributed by atoms with van der Waals surface area (Å²) in [6, 6.07) is 7.87. The summed E-state index contributed by atoms with van der Waals surface area (Å²) in [6.07, 6.45) is -0.0825. The lowest BCUT2D eigenvalue weighted by Crippen LogP contribution is -2.23. The first-order valence-electron chi connectivity index (χ1n) is 5.77. The fourth-order valence-corrected chi connectivity index (χ4v) is 2.05. The summed E-state index contributed by atoms with van der Waals surface area (Å²) in [4.78, 5) is 9.18. The first-order valence-corrected chi connectivity index (χ1v) is 5.77. The van der Waals surface area contributed by atoms with Crippen LogP contribution >= 0.6 is 0 Å². The maximum atomic E-state index is 5.67. The third kappa shape index (κ3) is 2.01. The van der Waals surface area contributed by atoms with Crippen molar-refractivity contribution in [2.24, 2.45) is 0 Å². The number of fused-ring (bicyclic) bond motifs is 1. The monoisotopic (exact) mass is 230 g/mol. The van der Waals surface area contributed by atoms with E-state index in [1.54, 1.807) is 0 Å². The van der Waals surface area contributed by atoms with E-state index in [4.69, 9.17) is 9.47 Å². The van der Waals surface area contributed by atoms with E-state index >= 15 is 0 Å². The molecule has 4 heteroatoms. The molecule has 2 aromatic rings. The summed E-state index contributed by atoms with van der Waals surface area (Å²) in [6.45, 7) is 3.82. The molecule has 1 atom stereocenters. The molecule has 1 aromatic heterocycles. The van der Waals surface area contributed by atoms with Gasteiger partial charge in [0.1, 0.15) is 6.10 Å². The third-order valence-electron chi connectivity index (χ3n) is 2.90. The van der Waals surface area contributed by atoms with Crippen LogP contribution in [-0.4, -0.2) is 29.8 Å². The molecule has 0 radical (unpaired) electrons. The van der Waals surface area contributed by atoms with Gasteiger partial charge in [-0.1, -0.05) is 12.1 Å². The molecule has 1 aliphatic rings. The molecule has 0 saturated carbocycles. The van der Waals surface area contributed by atoms with Crippen LogP contribution in [0.1, 0.15) is 17.5 Å². The van der Waals surface area contributed by atoms with Crippen LogP contribution in [0.2, 0.25) is 0 Å². The third-order valence-corrected chi connectivity index (χ3v) is 2.90. The molecule has 3 rings (SSSR count). The lowest BCUT2D eigenvalue weighted by atomic mass is 10.2. The van der Waals surface area contributed by atoms with Gasteiger partial charge >= 0.3 is 0 Å². The number of ether oxygens (including phenoxy) is 2. The molecule has 0 amide bonds. The summed E-state index contributed by atoms with van der Waals surface area (Å²) in [5, 5.41) is 0. The minimum Gasteiger partial charge on any atom is -0.376 e. The van der Waals surface area contributed by atoms with Crippen LogP contribution in [0.15, 0.2) is 24.3 Å². The van der Waals surface area contributed by atoms with E-state index in [1.807, 2.05) is 31.2 Å². The molecule has 0 aliphatic carbocycles. The zero-order chi connectivity index (χ0) is 11.7. The van der Waals surface area contributed by atoms with Crippen molar-refractivity contribution in [1.82, 2.24) is 9.97 Å². The van der Waals surface area contributed by atoms with Gasteiger partial charge in [0.2, 0.25) is 0 Å². The Morgan fingerprint density at radius 2 is 1.88 bits per heavy atom. The van der Waals surface area contributed by atoms with Gasteiger partial charge in [-0.25, -0.2) is 9.97 Å². The van der Waals surface area contributed by atoms with Gasteiger partial charge in [0.25, 0.3) is 0 Å². The second kappa shape index (κ2) is 4.39. The first kappa shape index (κ1) is 10.6. The van der Waals surface area contributed by atoms with Crippen molar-refractivity contribution in [3.63, 3.8) is 0 Å². The predicted octanol–water partition coefficient (Wildman–Crippen LogP) is 2.03. The number of aryl methyl sites for hydroxylation is 1. The van der Waals surface area contributed by atoms with Gasteiger partial charge in [-0.05, 0) is 19.1 Å². The van der Waals surface area contributed by atoms with Crippen molar-refractivity contribution >= 4 is 11.0 Å². The van der Waals surface area contributed by atoms with E-state index < -0.39 is 0 Å². The Morgan fingerprint density at radius 1 is 1.12 bits per heavy atom. The largest absolute Gasteiger partial charge is 0.376 e. The normalized spacial score (nSPS) is 20.6. The van der Waals surface area contributed by atoms with Gasteiger partial charge in [0.15, 0.2) is 0 Å². The molecule has 1 aliphatic heterocycles. The van der Waals surface area contributed by atoms with Gasteiger partial charge in [-0.3, -0.25) is 0 Å². The molecule has 1 fully saturated rings. The Balaban J connectivity index is 2.06. The van der Waals surface area contributed by atoms with Crippen LogP contribution in [0.25, 0.3) is 11.0 Å². The number of rotatable bonds is 1. The van der Waals surface area contributed by atoms with Crippen LogP contribution < -0.4 is 0 Å². The molecular weight excluding hydrogens is 216 g/mol. The Kier molecular flexibility index (Phi) is 2.74. The highest BCUT2D eigenvalue weighted by Crippen LogP contribution is 2.23. The van der Waals surface area contributed by atoms with Crippen molar-refractivity contribution in [2.75, 3.05) is 19.8 Å². The fraction of sp³-hybridized carbons (Fsp3) is 0.385. The summed E-state index contributed by atoms with van der Waals surface area (Å²) in [5.41, 5.74) is 3.63. The van der Waals surface area contributed by atoms with Crippen LogP contribution in [-0.2, 0) is 9.47 Å². The molecule has 88 valence electrons. The minimum absolute atomic E-state index is 0.0825. The smallest absolute Gasteiger partial charge is 0.125 e. The Hall–Kier alpha value is -1.52. The molecule has 0 spiro atoms. The van der Waals surface area contributed by atoms with E-state index in [0.29, 0.717) is 19.8 Å². The second-order valence-electron chi connectivity index (χ2n) is 4.12. The van der Waals surface area contributed by atoms with Gasteiger partial charge in [0, 0.05) is 0 Å². The molecule has 4 nitrogen and oxygen atoms in total. The maximum Gasteiger partial charge on any atom is 0.125 e. The summed E-state index contributed by atoms with van der Waals surface area (Å²) >= 11 is 0. The summed E-state index contributed by atoms with van der Waals surface area (Å²) in [5.74, 6) is 0. The Labute approximate surface area is 99.6 Å². The molecular formula is C13H14N2O2. The molecule has 1 saturated heterocycles. The quantitative estimate of drug-likeness (QED) is 0.751. The zero-order valence-corrected chi connectivity index (χ0v) is 9.72. The topological polar surface area (TPSA) is 44.2 Å². The van der Waals surface area contributed by atoms with E-state index in [0.717, 1.165) is 22.4 Å². The van der Waals surface area contributed by atoms with E-state index in [-0.39, 0.29) is 6.10 Å². The number of para-hydroxylation sites is 2. The predicted molar refractivity (Wildman–Crippen MR) is 63.8 cm³/mol. The standard InChI is InChI=1S/C13H14N2O2/c1-9-13(12-8-16-6-7-17-12)15-11-5-3-2-4-10(11)14-9/h2-5,12H,6-8H2,1H3. The van der Waals surface area contributed by atoms with Crippen molar-refractivity contribution in [3.05, 3.63) is 35.7 Å². The van der Waals surface area contributed by atoms with Crippen LogP contribution in [0, 0.1) is 6.92 Å². The van der Waals surface area contributed by atoms with Crippen molar-refractivity contribution in [2.45, 2.75) is 13.0 Å². The van der Waals surface area contributed by atoms with Gasteiger partial charge in [-0.15, -0.1) is 0 Å². The van der Waals surface area contributed by atoms with Crippen LogP contribution in [0.5, 0.6) is 0 Å². The lowest BCUT2D eigenvalue weighted by Gasteiger charge is -2.23. The van der Waals surface area contributed by atoms with Gasteiger partial charge in [0.05, 0.1) is 42.2 Å². The van der Waals surface area contributed by atoms with Crippen LogP contribution in [0.4, 0.5) is 0 Å². The van der Waals surface area contributed by atoms with E-state index in [2.05, 4.69) is 9.97 Å². The zero-order valence-electron chi connectivity index (χ0n) is 9.72. The Bertz CT molecular complexity index is 536. The maximum absolute atomic E-state index is 5.67. The number of nitrogens with zero attached hydrogens (tertiary/aromatic N) is 2. The lowest BCUT2D eigenvalue weighted by molar-refractivity contribution is -0.0920. The van der Waals surface area contributed by atoms with E-state index in [9.17, 15) is 0 Å². The number of benzene rings is 1. The van der Waals surface area contributed by atoms with E-state index in [1.165, 1.54) is 0 Å². The highest BCUT2D eigenvalue weighted by Gasteiger charge is 2.21. The second-order valence-corrected chi connectivity index (χ2v) is 4.12. The molecule has 0 bridgehead atoms. The minimum atomic E-state index is -0.0825. The molecule has 1 aromatic carbocycles. The SMILES string of the molecule is Cc1nc2ccccc2nc1C1COCCO1. The average Bonchev–Trinajstić information content (AvgIpc) is 2.39. The Morgan fingerprint density at radius 3 is 2.59 bits per heavy atom. The molecule has 0 N–H and O–H groups in total. The van der Waals surface area contributed by atoms with Crippen LogP contribution in [0.3, 0.4) is 0 Å². The van der Waals surface area contributed by atoms with Gasteiger partial charge in [-0.2, -0.15) is 0 Å². The average molecular weight is 230 g/mol. The van der Waals surface area contributed by atoms with Gasteiger partial charge < -0.3 is 9.47 Å².